The molecule has 20 heavy (non-hydrogen) atoms. The van der Waals surface area contributed by atoms with Crippen LogP contribution in [-0.4, -0.2) is 22.8 Å². The van der Waals surface area contributed by atoms with E-state index in [2.05, 4.69) is 21.6 Å². The van der Waals surface area contributed by atoms with Gasteiger partial charge in [-0.05, 0) is 43.0 Å². The Morgan fingerprint density at radius 1 is 1.15 bits per heavy atom. The minimum atomic E-state index is -0.153. The average Bonchev–Trinajstić information content (AvgIpc) is 2.70. The van der Waals surface area contributed by atoms with Crippen LogP contribution in [-0.2, 0) is 6.42 Å². The number of aryl methyl sites for hydroxylation is 1. The van der Waals surface area contributed by atoms with Gasteiger partial charge in [-0.2, -0.15) is 5.10 Å². The van der Waals surface area contributed by atoms with Crippen LogP contribution in [0.4, 0.5) is 16.3 Å². The molecule has 0 saturated carbocycles. The van der Waals surface area contributed by atoms with Crippen molar-refractivity contribution in [2.75, 3.05) is 16.8 Å². The molecule has 5 nitrogen and oxygen atoms in total. The molecule has 0 fully saturated rings. The van der Waals surface area contributed by atoms with Gasteiger partial charge in [0.15, 0.2) is 5.82 Å². The van der Waals surface area contributed by atoms with Crippen LogP contribution in [0.5, 0.6) is 0 Å². The van der Waals surface area contributed by atoms with Crippen molar-refractivity contribution < 1.29 is 4.79 Å². The molecule has 2 heterocycles. The molecule has 3 rings (SSSR count). The van der Waals surface area contributed by atoms with Gasteiger partial charge in [0.1, 0.15) is 0 Å². The smallest absolute Gasteiger partial charge is 0.294 e. The third-order valence-electron chi connectivity index (χ3n) is 3.41. The van der Waals surface area contributed by atoms with Gasteiger partial charge >= 0.3 is 6.03 Å². The third kappa shape index (κ3) is 2.61. The maximum Gasteiger partial charge on any atom is 0.327 e. The molecule has 1 aliphatic heterocycles. The molecule has 0 atom stereocenters. The fourth-order valence-electron chi connectivity index (χ4n) is 2.45. The van der Waals surface area contributed by atoms with Gasteiger partial charge in [0.2, 0.25) is 0 Å². The third-order valence-corrected chi connectivity index (χ3v) is 3.41. The van der Waals surface area contributed by atoms with Gasteiger partial charge in [-0.3, -0.25) is 10.2 Å². The Morgan fingerprint density at radius 2 is 2.05 bits per heavy atom. The molecule has 1 aliphatic rings. The van der Waals surface area contributed by atoms with E-state index in [1.807, 2.05) is 18.2 Å². The predicted molar refractivity (Wildman–Crippen MR) is 77.8 cm³/mol. The van der Waals surface area contributed by atoms with Crippen molar-refractivity contribution in [3.05, 3.63) is 48.2 Å². The van der Waals surface area contributed by atoms with Gasteiger partial charge in [-0.1, -0.05) is 18.2 Å². The fraction of sp³-hybridized carbons (Fsp3) is 0.267. The van der Waals surface area contributed by atoms with Gasteiger partial charge in [0.25, 0.3) is 0 Å². The van der Waals surface area contributed by atoms with Gasteiger partial charge < -0.3 is 0 Å². The highest BCUT2D eigenvalue weighted by molar-refractivity contribution is 6.01. The van der Waals surface area contributed by atoms with Crippen molar-refractivity contribution in [1.29, 1.82) is 0 Å². The van der Waals surface area contributed by atoms with E-state index < -0.39 is 0 Å². The Kier molecular flexibility index (Phi) is 3.58. The van der Waals surface area contributed by atoms with E-state index in [-0.39, 0.29) is 6.03 Å². The number of urea groups is 1. The lowest BCUT2D eigenvalue weighted by Gasteiger charge is -2.22. The number of hydrogen-bond donors (Lipinski definition) is 1. The van der Waals surface area contributed by atoms with Crippen LogP contribution in [0.3, 0.4) is 0 Å². The highest BCUT2D eigenvalue weighted by atomic mass is 16.2. The van der Waals surface area contributed by atoms with E-state index in [9.17, 15) is 4.79 Å². The Hall–Kier alpha value is -2.43. The van der Waals surface area contributed by atoms with Gasteiger partial charge in [0, 0.05) is 18.4 Å². The quantitative estimate of drug-likeness (QED) is 0.865. The zero-order valence-corrected chi connectivity index (χ0v) is 11.1. The van der Waals surface area contributed by atoms with Crippen molar-refractivity contribution >= 4 is 17.5 Å². The lowest BCUT2D eigenvalue weighted by Crippen LogP contribution is -2.35. The van der Waals surface area contributed by atoms with E-state index in [0.29, 0.717) is 5.82 Å². The summed E-state index contributed by atoms with van der Waals surface area (Å²) in [5.41, 5.74) is 2.21. The average molecular weight is 268 g/mol. The largest absolute Gasteiger partial charge is 0.327 e. The highest BCUT2D eigenvalue weighted by Gasteiger charge is 2.21. The number of nitrogens with one attached hydrogen (secondary N) is 1. The molecule has 0 radical (unpaired) electrons. The summed E-state index contributed by atoms with van der Waals surface area (Å²) in [4.78, 5) is 14.2. The summed E-state index contributed by atoms with van der Waals surface area (Å²) < 4.78 is 0. The summed E-state index contributed by atoms with van der Waals surface area (Å²) >= 11 is 0. The normalized spacial score (nSPS) is 14.3. The first-order valence-corrected chi connectivity index (χ1v) is 6.79. The lowest BCUT2D eigenvalue weighted by atomic mass is 10.1. The number of amides is 2. The molecule has 2 amide bonds. The standard InChI is InChI=1S/C15H16N4O/c20-15(17-14-9-5-10-16-18-14)19-11-4-3-7-12-6-1-2-8-13(12)19/h1-2,5-6,8-10H,3-4,7,11H2,(H,17,18,20). The Balaban J connectivity index is 1.84. The second kappa shape index (κ2) is 5.69. The molecule has 5 heteroatoms. The van der Waals surface area contributed by atoms with Crippen molar-refractivity contribution in [3.63, 3.8) is 0 Å². The Bertz CT molecular complexity index is 600. The number of rotatable bonds is 1. The SMILES string of the molecule is O=C(Nc1cccnn1)N1CCCCc2ccccc21. The molecule has 0 unspecified atom stereocenters. The highest BCUT2D eigenvalue weighted by Crippen LogP contribution is 2.26. The number of fused-ring (bicyclic) bond motifs is 1. The maximum atomic E-state index is 12.4. The number of hydrogen-bond acceptors (Lipinski definition) is 3. The summed E-state index contributed by atoms with van der Waals surface area (Å²) in [5, 5.41) is 10.4. The first-order valence-electron chi connectivity index (χ1n) is 6.79. The zero-order valence-electron chi connectivity index (χ0n) is 11.1. The molecule has 0 saturated heterocycles. The number of anilines is 2. The number of carbonyl (C=O) groups is 1. The molecule has 0 bridgehead atoms. The van der Waals surface area contributed by atoms with Gasteiger partial charge in [-0.15, -0.1) is 5.10 Å². The van der Waals surface area contributed by atoms with E-state index in [1.165, 1.54) is 5.56 Å². The monoisotopic (exact) mass is 268 g/mol. The van der Waals surface area contributed by atoms with Crippen LogP contribution >= 0.6 is 0 Å². The number of aromatic nitrogens is 2. The van der Waals surface area contributed by atoms with Crippen LogP contribution in [0.2, 0.25) is 0 Å². The second-order valence-electron chi connectivity index (χ2n) is 4.78. The first-order chi connectivity index (χ1) is 9.84. The molecular weight excluding hydrogens is 252 g/mol. The number of carbonyl (C=O) groups excluding carboxylic acids is 1. The molecule has 0 aliphatic carbocycles. The van der Waals surface area contributed by atoms with Crippen molar-refractivity contribution in [1.82, 2.24) is 10.2 Å². The van der Waals surface area contributed by atoms with Crippen LogP contribution in [0, 0.1) is 0 Å². The zero-order chi connectivity index (χ0) is 13.8. The van der Waals surface area contributed by atoms with Crippen LogP contribution in [0.1, 0.15) is 18.4 Å². The van der Waals surface area contributed by atoms with Crippen LogP contribution in [0.15, 0.2) is 42.6 Å². The summed E-state index contributed by atoms with van der Waals surface area (Å²) in [7, 11) is 0. The molecule has 102 valence electrons. The number of para-hydroxylation sites is 1. The summed E-state index contributed by atoms with van der Waals surface area (Å²) in [5.74, 6) is 0.472. The number of benzene rings is 1. The lowest BCUT2D eigenvalue weighted by molar-refractivity contribution is 0.257. The minimum absolute atomic E-state index is 0.153. The van der Waals surface area contributed by atoms with Crippen molar-refractivity contribution in [3.8, 4) is 0 Å². The first kappa shape index (κ1) is 12.6. The predicted octanol–water partition coefficient (Wildman–Crippen LogP) is 2.85. The van der Waals surface area contributed by atoms with Crippen LogP contribution in [0.25, 0.3) is 0 Å². The van der Waals surface area contributed by atoms with E-state index in [4.69, 9.17) is 0 Å². The van der Waals surface area contributed by atoms with Crippen LogP contribution < -0.4 is 10.2 Å². The van der Waals surface area contributed by atoms with Crippen molar-refractivity contribution in [2.24, 2.45) is 0 Å². The van der Waals surface area contributed by atoms with E-state index >= 15 is 0 Å². The van der Waals surface area contributed by atoms with Crippen molar-refractivity contribution in [2.45, 2.75) is 19.3 Å². The Morgan fingerprint density at radius 3 is 2.90 bits per heavy atom. The number of nitrogens with zero attached hydrogens (tertiary/aromatic N) is 3. The fourth-order valence-corrected chi connectivity index (χ4v) is 2.45. The molecule has 1 aromatic heterocycles. The maximum absolute atomic E-state index is 12.4. The molecule has 2 aromatic rings. The summed E-state index contributed by atoms with van der Waals surface area (Å²) in [6.45, 7) is 0.725. The second-order valence-corrected chi connectivity index (χ2v) is 4.78. The van der Waals surface area contributed by atoms with E-state index in [0.717, 1.165) is 31.5 Å². The topological polar surface area (TPSA) is 58.1 Å². The van der Waals surface area contributed by atoms with Gasteiger partial charge in [-0.25, -0.2) is 4.79 Å². The van der Waals surface area contributed by atoms with Gasteiger partial charge in [0.05, 0.1) is 0 Å². The molecule has 0 spiro atoms. The minimum Gasteiger partial charge on any atom is -0.294 e. The summed E-state index contributed by atoms with van der Waals surface area (Å²) in [6.07, 6.45) is 4.70. The molecular formula is C15H16N4O. The molecule has 1 N–H and O–H groups in total. The molecule has 1 aromatic carbocycles. The van der Waals surface area contributed by atoms with E-state index in [1.54, 1.807) is 23.2 Å². The summed E-state index contributed by atoms with van der Waals surface area (Å²) in [6, 6.07) is 11.4. The Labute approximate surface area is 117 Å².